The summed E-state index contributed by atoms with van der Waals surface area (Å²) in [5.74, 6) is 0.0995. The van der Waals surface area contributed by atoms with Gasteiger partial charge >= 0.3 is 0 Å². The maximum atomic E-state index is 14.0. The molecule has 2 amide bonds. The summed E-state index contributed by atoms with van der Waals surface area (Å²) in [6, 6.07) is 9.55. The first kappa shape index (κ1) is 31.9. The maximum absolute atomic E-state index is 14.0. The second-order valence-corrected chi connectivity index (χ2v) is 13.1. The number of ketones is 1. The minimum Gasteiger partial charge on any atom is -0.481 e. The third-order valence-electron chi connectivity index (χ3n) is 7.51. The standard InChI is InChI=1S/C32H41N4O4P/c1-20-10-11-22(23-12-13-28(40-8)34-19-23)16-26(20)35-30(39)41-27-18-24(31(3,4)5)17-25(27)29(38)36(15-9-14-33)32(6,7)21(2)37/h10-14,16-17,19,33,41H,9,15,18H2,1-8H3,(H,35,39). The largest absolute Gasteiger partial charge is 0.481 e. The van der Waals surface area contributed by atoms with E-state index in [2.05, 4.69) is 31.1 Å². The first-order valence-corrected chi connectivity index (χ1v) is 14.6. The molecular weight excluding hydrogens is 535 g/mol. The van der Waals surface area contributed by atoms with Gasteiger partial charge in [-0.1, -0.05) is 38.5 Å². The lowest BCUT2D eigenvalue weighted by Crippen LogP contribution is -2.53. The zero-order valence-electron chi connectivity index (χ0n) is 25.3. The van der Waals surface area contributed by atoms with E-state index in [1.165, 1.54) is 18.0 Å². The predicted octanol–water partition coefficient (Wildman–Crippen LogP) is 7.14. The van der Waals surface area contributed by atoms with Crippen LogP contribution in [0, 0.1) is 17.7 Å². The molecule has 2 N–H and O–H groups in total. The average Bonchev–Trinajstić information content (AvgIpc) is 3.34. The molecular formula is C32H41N4O4P. The minimum atomic E-state index is -1.05. The van der Waals surface area contributed by atoms with Gasteiger partial charge in [-0.05, 0) is 86.8 Å². The van der Waals surface area contributed by atoms with Crippen molar-refractivity contribution < 1.29 is 19.1 Å². The van der Waals surface area contributed by atoms with Gasteiger partial charge in [0.15, 0.2) is 5.78 Å². The number of pyridine rings is 1. The molecule has 1 aliphatic carbocycles. The number of methoxy groups -OCH3 is 1. The Bertz CT molecular complexity index is 1400. The number of hydrogen-bond donors (Lipinski definition) is 2. The molecule has 0 bridgehead atoms. The van der Waals surface area contributed by atoms with Crippen LogP contribution in [0.3, 0.4) is 0 Å². The number of aromatic nitrogens is 1. The third kappa shape index (κ3) is 7.56. The molecule has 0 fully saturated rings. The Morgan fingerprint density at radius 1 is 1.12 bits per heavy atom. The number of allylic oxidation sites excluding steroid dienone is 2. The summed E-state index contributed by atoms with van der Waals surface area (Å²) in [7, 11) is 1.29. The Balaban J connectivity index is 1.92. The summed E-state index contributed by atoms with van der Waals surface area (Å²) in [4.78, 5) is 45.7. The number of rotatable bonds is 11. The normalized spacial score (nSPS) is 13.8. The molecule has 0 aliphatic heterocycles. The first-order valence-electron chi connectivity index (χ1n) is 13.6. The lowest BCUT2D eigenvalue weighted by molar-refractivity contribution is -0.140. The Morgan fingerprint density at radius 3 is 2.37 bits per heavy atom. The number of Topliss-reactive ketones (excluding diaryl/α,β-unsaturated/α-hetero) is 1. The van der Waals surface area contributed by atoms with E-state index in [0.717, 1.165) is 27.6 Å². The second kappa shape index (κ2) is 12.9. The van der Waals surface area contributed by atoms with Gasteiger partial charge in [-0.15, -0.1) is 0 Å². The number of benzene rings is 1. The fourth-order valence-corrected chi connectivity index (χ4v) is 5.51. The van der Waals surface area contributed by atoms with E-state index in [4.69, 9.17) is 10.1 Å². The van der Waals surface area contributed by atoms with Crippen molar-refractivity contribution in [1.29, 1.82) is 5.41 Å². The fraction of sp³-hybridized carbons (Fsp3) is 0.406. The molecule has 8 nitrogen and oxygen atoms in total. The Kier molecular flexibility index (Phi) is 10.0. The maximum Gasteiger partial charge on any atom is 0.255 e. The molecule has 1 aliphatic rings. The molecule has 1 unspecified atom stereocenters. The van der Waals surface area contributed by atoms with Gasteiger partial charge in [0.2, 0.25) is 11.5 Å². The van der Waals surface area contributed by atoms with Crippen LogP contribution in [0.5, 0.6) is 5.88 Å². The Morgan fingerprint density at radius 2 is 1.80 bits per heavy atom. The van der Waals surface area contributed by atoms with Gasteiger partial charge in [-0.2, -0.15) is 0 Å². The van der Waals surface area contributed by atoms with Gasteiger partial charge in [0.25, 0.3) is 5.91 Å². The van der Waals surface area contributed by atoms with Gasteiger partial charge in [-0.3, -0.25) is 14.4 Å². The highest BCUT2D eigenvalue weighted by molar-refractivity contribution is 7.62. The van der Waals surface area contributed by atoms with E-state index in [-0.39, 0.29) is 37.9 Å². The predicted molar refractivity (Wildman–Crippen MR) is 167 cm³/mol. The van der Waals surface area contributed by atoms with Crippen LogP contribution in [-0.2, 0) is 9.59 Å². The smallest absolute Gasteiger partial charge is 0.255 e. The molecule has 1 atom stereocenters. The molecule has 41 heavy (non-hydrogen) atoms. The molecule has 218 valence electrons. The number of carbonyl (C=O) groups excluding carboxylic acids is 3. The van der Waals surface area contributed by atoms with E-state index in [1.807, 2.05) is 37.3 Å². The van der Waals surface area contributed by atoms with Crippen molar-refractivity contribution in [3.05, 3.63) is 64.6 Å². The van der Waals surface area contributed by atoms with E-state index in [0.29, 0.717) is 30.0 Å². The monoisotopic (exact) mass is 576 g/mol. The number of aryl methyl sites for hydroxylation is 1. The van der Waals surface area contributed by atoms with Crippen molar-refractivity contribution in [2.45, 2.75) is 66.8 Å². The lowest BCUT2D eigenvalue weighted by Gasteiger charge is -2.37. The topological polar surface area (TPSA) is 112 Å². The number of hydrogen-bond acceptors (Lipinski definition) is 6. The van der Waals surface area contributed by atoms with Crippen molar-refractivity contribution in [3.63, 3.8) is 0 Å². The molecule has 1 aromatic heterocycles. The molecule has 0 saturated heterocycles. The van der Waals surface area contributed by atoms with Crippen LogP contribution < -0.4 is 10.1 Å². The number of amides is 2. The van der Waals surface area contributed by atoms with E-state index < -0.39 is 5.54 Å². The highest BCUT2D eigenvalue weighted by atomic mass is 31.1. The van der Waals surface area contributed by atoms with Crippen molar-refractivity contribution in [3.8, 4) is 17.0 Å². The van der Waals surface area contributed by atoms with Crippen molar-refractivity contribution in [1.82, 2.24) is 9.88 Å². The van der Waals surface area contributed by atoms with Crippen LogP contribution in [0.4, 0.5) is 10.5 Å². The summed E-state index contributed by atoms with van der Waals surface area (Å²) in [6.45, 7) is 13.4. The van der Waals surface area contributed by atoms with Gasteiger partial charge < -0.3 is 20.4 Å². The molecule has 1 heterocycles. The molecule has 0 radical (unpaired) electrons. The summed E-state index contributed by atoms with van der Waals surface area (Å²) in [5.41, 5.74) is 3.51. The van der Waals surface area contributed by atoms with Crippen LogP contribution in [0.25, 0.3) is 11.1 Å². The number of carbonyl (C=O) groups is 3. The number of nitrogens with zero attached hydrogens (tertiary/aromatic N) is 2. The first-order chi connectivity index (χ1) is 19.2. The summed E-state index contributed by atoms with van der Waals surface area (Å²) in [6.07, 6.45) is 5.72. The van der Waals surface area contributed by atoms with Crippen molar-refractivity contribution >= 4 is 37.8 Å². The minimum absolute atomic E-state index is 0.140. The van der Waals surface area contributed by atoms with Crippen LogP contribution in [-0.4, -0.2) is 52.6 Å². The van der Waals surface area contributed by atoms with Crippen LogP contribution in [0.1, 0.15) is 59.9 Å². The molecule has 2 aromatic rings. The molecule has 3 rings (SSSR count). The second-order valence-electron chi connectivity index (χ2n) is 11.8. The van der Waals surface area contributed by atoms with Crippen LogP contribution in [0.2, 0.25) is 0 Å². The zero-order chi connectivity index (χ0) is 30.5. The number of nitrogens with one attached hydrogen (secondary N) is 2. The zero-order valence-corrected chi connectivity index (χ0v) is 26.3. The average molecular weight is 577 g/mol. The van der Waals surface area contributed by atoms with Crippen molar-refractivity contribution in [2.75, 3.05) is 19.0 Å². The Labute approximate surface area is 244 Å². The molecule has 0 saturated carbocycles. The summed E-state index contributed by atoms with van der Waals surface area (Å²) >= 11 is 0. The third-order valence-corrected chi connectivity index (χ3v) is 8.61. The van der Waals surface area contributed by atoms with Crippen LogP contribution in [0.15, 0.2) is 59.1 Å². The highest BCUT2D eigenvalue weighted by Crippen LogP contribution is 2.46. The molecule has 9 heteroatoms. The summed E-state index contributed by atoms with van der Waals surface area (Å²) in [5, 5.41) is 11.3. The van der Waals surface area contributed by atoms with Crippen LogP contribution >= 0.6 is 8.58 Å². The number of anilines is 1. The molecule has 1 aromatic carbocycles. The summed E-state index contributed by atoms with van der Waals surface area (Å²) < 4.78 is 5.15. The van der Waals surface area contributed by atoms with Crippen molar-refractivity contribution in [2.24, 2.45) is 5.41 Å². The quantitative estimate of drug-likeness (QED) is 0.218. The van der Waals surface area contributed by atoms with E-state index >= 15 is 0 Å². The van der Waals surface area contributed by atoms with E-state index in [1.54, 1.807) is 33.2 Å². The SMILES string of the molecule is COc1ccc(-c2ccc(C)c(NC(=O)PC3=C(C(=O)N(CCC=N)C(C)(C)C(C)=O)C=C(C(C)(C)C)C3)c2)cn1. The van der Waals surface area contributed by atoms with Gasteiger partial charge in [0, 0.05) is 44.2 Å². The van der Waals surface area contributed by atoms with Gasteiger partial charge in [0.05, 0.1) is 12.6 Å². The Hall–Kier alpha value is -3.64. The molecule has 0 spiro atoms. The lowest BCUT2D eigenvalue weighted by atomic mass is 9.86. The number of ether oxygens (including phenoxy) is 1. The fourth-order valence-electron chi connectivity index (χ4n) is 4.44. The van der Waals surface area contributed by atoms with Gasteiger partial charge in [-0.25, -0.2) is 4.98 Å². The highest BCUT2D eigenvalue weighted by Gasteiger charge is 2.38. The van der Waals surface area contributed by atoms with Gasteiger partial charge in [0.1, 0.15) is 0 Å². The van der Waals surface area contributed by atoms with E-state index in [9.17, 15) is 14.4 Å².